The fraction of sp³-hybridized carbons (Fsp3) is 0.172. The molecule has 178 valence electrons. The number of hydrazone groups is 1. The molecule has 0 saturated carbocycles. The van der Waals surface area contributed by atoms with Gasteiger partial charge in [-0.15, -0.1) is 0 Å². The van der Waals surface area contributed by atoms with Gasteiger partial charge in [-0.3, -0.25) is 4.79 Å². The fourth-order valence-electron chi connectivity index (χ4n) is 4.80. The number of carbonyl (C=O) groups is 2. The van der Waals surface area contributed by atoms with E-state index in [1.54, 1.807) is 6.26 Å². The van der Waals surface area contributed by atoms with Crippen molar-refractivity contribution in [3.63, 3.8) is 0 Å². The van der Waals surface area contributed by atoms with Crippen molar-refractivity contribution in [1.82, 2.24) is 9.99 Å². The lowest BCUT2D eigenvalue weighted by atomic mass is 10.0. The number of fused-ring (bicyclic) bond motifs is 2. The van der Waals surface area contributed by atoms with E-state index in [2.05, 4.69) is 5.10 Å². The summed E-state index contributed by atoms with van der Waals surface area (Å²) in [6.07, 6.45) is 5.65. The summed E-state index contributed by atoms with van der Waals surface area (Å²) in [6.45, 7) is 0.0973. The lowest BCUT2D eigenvalue weighted by molar-refractivity contribution is -0.134. The Hall–Kier alpha value is -4.52. The number of para-hydroxylation sites is 1. The Labute approximate surface area is 207 Å². The van der Waals surface area contributed by atoms with Crippen LogP contribution in [0.4, 0.5) is 0 Å². The van der Waals surface area contributed by atoms with Crippen LogP contribution in [0.3, 0.4) is 0 Å². The summed E-state index contributed by atoms with van der Waals surface area (Å²) in [7, 11) is 0. The number of ether oxygens (including phenoxy) is 1. The highest BCUT2D eigenvalue weighted by molar-refractivity contribution is 6.08. The number of allylic oxidation sites excluding steroid dienone is 1. The van der Waals surface area contributed by atoms with Gasteiger partial charge in [-0.2, -0.15) is 5.10 Å². The molecule has 0 fully saturated rings. The summed E-state index contributed by atoms with van der Waals surface area (Å²) in [5.41, 5.74) is 5.65. The number of hydrogen-bond acceptors (Lipinski definition) is 6. The molecule has 36 heavy (non-hydrogen) atoms. The molecule has 1 aliphatic carbocycles. The molecule has 6 rings (SSSR count). The van der Waals surface area contributed by atoms with Crippen LogP contribution in [0.25, 0.3) is 22.6 Å². The second-order valence-corrected chi connectivity index (χ2v) is 8.77. The molecule has 1 amide bonds. The highest BCUT2D eigenvalue weighted by Gasteiger charge is 2.29. The molecule has 4 aromatic rings. The zero-order valence-corrected chi connectivity index (χ0v) is 19.5. The molecule has 2 aliphatic rings. The van der Waals surface area contributed by atoms with Gasteiger partial charge >= 0.3 is 5.97 Å². The van der Waals surface area contributed by atoms with Crippen molar-refractivity contribution in [2.75, 3.05) is 13.2 Å². The smallest absolute Gasteiger partial charge is 0.339 e. The minimum Gasteiger partial charge on any atom is -0.465 e. The van der Waals surface area contributed by atoms with Crippen LogP contribution in [-0.2, 0) is 16.0 Å². The summed E-state index contributed by atoms with van der Waals surface area (Å²) in [6, 6.07) is 21.0. The van der Waals surface area contributed by atoms with Crippen LogP contribution >= 0.6 is 0 Å². The lowest BCUT2D eigenvalue weighted by Gasteiger charge is -2.14. The van der Waals surface area contributed by atoms with E-state index >= 15 is 0 Å². The maximum Gasteiger partial charge on any atom is 0.339 e. The predicted octanol–water partition coefficient (Wildman–Crippen LogP) is 5.11. The summed E-state index contributed by atoms with van der Waals surface area (Å²) in [4.78, 5) is 31.0. The average molecular weight is 478 g/mol. The van der Waals surface area contributed by atoms with E-state index in [1.807, 2.05) is 72.8 Å². The van der Waals surface area contributed by atoms with Crippen LogP contribution in [0.2, 0.25) is 0 Å². The Morgan fingerprint density at radius 2 is 1.81 bits per heavy atom. The zero-order chi connectivity index (χ0) is 24.5. The van der Waals surface area contributed by atoms with Gasteiger partial charge in [0.25, 0.3) is 5.91 Å². The summed E-state index contributed by atoms with van der Waals surface area (Å²) >= 11 is 0. The number of esters is 1. The molecule has 2 aromatic heterocycles. The normalized spacial score (nSPS) is 15.8. The van der Waals surface area contributed by atoms with E-state index in [1.165, 1.54) is 5.01 Å². The van der Waals surface area contributed by atoms with Gasteiger partial charge in [-0.05, 0) is 53.8 Å². The standard InChI is InChI=1S/C29H23N3O4/c33-26(32-15-14-24(31-32)19-7-2-1-3-8-19)18-36-29(34)27-22-10-4-5-11-25(22)30-28-20(12-13-23(27)28)17-21-9-6-16-35-21/h1-11,16-17H,12-15,18H2/b20-17+. The van der Waals surface area contributed by atoms with E-state index in [0.29, 0.717) is 30.5 Å². The molecule has 0 unspecified atom stereocenters. The van der Waals surface area contributed by atoms with E-state index < -0.39 is 5.97 Å². The largest absolute Gasteiger partial charge is 0.465 e. The van der Waals surface area contributed by atoms with Crippen molar-refractivity contribution < 1.29 is 18.7 Å². The number of benzene rings is 2. The SMILES string of the molecule is O=C(OCC(=O)N1CCC(c2ccccc2)=N1)c1c2c(nc3ccccc13)/C(=C/c1ccco1)CC2. The first-order valence-corrected chi connectivity index (χ1v) is 11.9. The van der Waals surface area contributed by atoms with Crippen LogP contribution in [0.1, 0.15) is 45.8 Å². The Balaban J connectivity index is 1.25. The van der Waals surface area contributed by atoms with Crippen molar-refractivity contribution in [3.05, 3.63) is 101 Å². The van der Waals surface area contributed by atoms with Crippen LogP contribution in [0.15, 0.2) is 82.5 Å². The molecule has 0 N–H and O–H groups in total. The number of aromatic nitrogens is 1. The van der Waals surface area contributed by atoms with Crippen LogP contribution in [0.5, 0.6) is 0 Å². The van der Waals surface area contributed by atoms with Crippen LogP contribution in [-0.4, -0.2) is 40.7 Å². The van der Waals surface area contributed by atoms with Gasteiger partial charge < -0.3 is 9.15 Å². The predicted molar refractivity (Wildman–Crippen MR) is 136 cm³/mol. The lowest BCUT2D eigenvalue weighted by Crippen LogP contribution is -2.29. The highest BCUT2D eigenvalue weighted by atomic mass is 16.5. The molecule has 0 bridgehead atoms. The molecule has 7 heteroatoms. The van der Waals surface area contributed by atoms with Gasteiger partial charge in [0.05, 0.1) is 35.3 Å². The van der Waals surface area contributed by atoms with Crippen LogP contribution in [0, 0.1) is 0 Å². The van der Waals surface area contributed by atoms with Gasteiger partial charge in [0, 0.05) is 11.8 Å². The summed E-state index contributed by atoms with van der Waals surface area (Å²) in [5, 5.41) is 6.55. The molecule has 2 aromatic carbocycles. The third-order valence-corrected chi connectivity index (χ3v) is 6.53. The minimum atomic E-state index is -0.524. The second-order valence-electron chi connectivity index (χ2n) is 8.77. The fourth-order valence-corrected chi connectivity index (χ4v) is 4.80. The molecule has 0 saturated heterocycles. The maximum atomic E-state index is 13.4. The Morgan fingerprint density at radius 3 is 2.64 bits per heavy atom. The first-order chi connectivity index (χ1) is 17.7. The van der Waals surface area contributed by atoms with E-state index in [4.69, 9.17) is 14.1 Å². The third-order valence-electron chi connectivity index (χ3n) is 6.53. The van der Waals surface area contributed by atoms with Gasteiger partial charge in [0.15, 0.2) is 6.61 Å². The van der Waals surface area contributed by atoms with E-state index in [9.17, 15) is 9.59 Å². The number of furan rings is 1. The molecular weight excluding hydrogens is 454 g/mol. The Bertz CT molecular complexity index is 1520. The zero-order valence-electron chi connectivity index (χ0n) is 19.5. The molecule has 1 aliphatic heterocycles. The molecule has 3 heterocycles. The summed E-state index contributed by atoms with van der Waals surface area (Å²) < 4.78 is 11.0. The summed E-state index contributed by atoms with van der Waals surface area (Å²) in [5.74, 6) is -0.129. The van der Waals surface area contributed by atoms with Crippen molar-refractivity contribution in [3.8, 4) is 0 Å². The minimum absolute atomic E-state index is 0.345. The van der Waals surface area contributed by atoms with Gasteiger partial charge in [-0.1, -0.05) is 48.5 Å². The van der Waals surface area contributed by atoms with Crippen molar-refractivity contribution >= 4 is 40.1 Å². The Kier molecular flexibility index (Phi) is 5.65. The average Bonchev–Trinajstić information content (AvgIpc) is 3.69. The number of pyridine rings is 1. The van der Waals surface area contributed by atoms with Gasteiger partial charge in [0.1, 0.15) is 5.76 Å². The Morgan fingerprint density at radius 1 is 0.972 bits per heavy atom. The monoisotopic (exact) mass is 477 g/mol. The number of hydrogen-bond donors (Lipinski definition) is 0. The molecule has 0 atom stereocenters. The van der Waals surface area contributed by atoms with Gasteiger partial charge in [0.2, 0.25) is 0 Å². The third kappa shape index (κ3) is 4.09. The molecule has 0 radical (unpaired) electrons. The molecular formula is C29H23N3O4. The maximum absolute atomic E-state index is 13.4. The quantitative estimate of drug-likeness (QED) is 0.373. The van der Waals surface area contributed by atoms with Crippen molar-refractivity contribution in [2.24, 2.45) is 5.10 Å². The second kappa shape index (κ2) is 9.26. The topological polar surface area (TPSA) is 85.0 Å². The first-order valence-electron chi connectivity index (χ1n) is 11.9. The van der Waals surface area contributed by atoms with E-state index in [0.717, 1.165) is 45.7 Å². The number of nitrogens with zero attached hydrogens (tertiary/aromatic N) is 3. The van der Waals surface area contributed by atoms with Crippen molar-refractivity contribution in [2.45, 2.75) is 19.3 Å². The van der Waals surface area contributed by atoms with Crippen LogP contribution < -0.4 is 0 Å². The number of carbonyl (C=O) groups excluding carboxylic acids is 2. The number of rotatable bonds is 5. The highest BCUT2D eigenvalue weighted by Crippen LogP contribution is 2.37. The molecule has 0 spiro atoms. The van der Waals surface area contributed by atoms with E-state index in [-0.39, 0.29) is 12.5 Å². The first kappa shape index (κ1) is 22.0. The van der Waals surface area contributed by atoms with Gasteiger partial charge in [-0.25, -0.2) is 14.8 Å². The van der Waals surface area contributed by atoms with Crippen molar-refractivity contribution in [1.29, 1.82) is 0 Å². The number of amides is 1. The molecule has 7 nitrogen and oxygen atoms in total.